The van der Waals surface area contributed by atoms with Gasteiger partial charge in [-0.05, 0) is 26.0 Å². The van der Waals surface area contributed by atoms with Gasteiger partial charge in [-0.15, -0.1) is 0 Å². The third-order valence-electron chi connectivity index (χ3n) is 4.17. The molecule has 1 N–H and O–H groups in total. The molecule has 7 nitrogen and oxygen atoms in total. The van der Waals surface area contributed by atoms with Crippen molar-refractivity contribution in [3.8, 4) is 11.3 Å². The summed E-state index contributed by atoms with van der Waals surface area (Å²) >= 11 is 6.35. The Bertz CT molecular complexity index is 1080. The smallest absolute Gasteiger partial charge is 0.227 e. The fourth-order valence-electron chi connectivity index (χ4n) is 2.80. The molecule has 0 atom stereocenters. The first-order valence-corrected chi connectivity index (χ1v) is 8.15. The highest BCUT2D eigenvalue weighted by Gasteiger charge is 2.15. The number of rotatable bonds is 3. The van der Waals surface area contributed by atoms with Crippen molar-refractivity contribution in [2.45, 2.75) is 13.8 Å². The summed E-state index contributed by atoms with van der Waals surface area (Å²) in [7, 11) is 1.90. The molecule has 0 radical (unpaired) electrons. The molecule has 4 heterocycles. The second-order valence-electron chi connectivity index (χ2n) is 5.77. The second kappa shape index (κ2) is 5.86. The fraction of sp³-hybridized carbons (Fsp3) is 0.176. The minimum absolute atomic E-state index is 0.467. The van der Waals surface area contributed by atoms with Crippen LogP contribution in [0.3, 0.4) is 0 Å². The minimum atomic E-state index is 0.467. The van der Waals surface area contributed by atoms with Gasteiger partial charge in [0.2, 0.25) is 5.95 Å². The van der Waals surface area contributed by atoms with Crippen LogP contribution in [0.2, 0.25) is 5.02 Å². The number of pyridine rings is 1. The number of nitrogens with zero attached hydrogens (tertiary/aromatic N) is 6. The Hall–Kier alpha value is -2.93. The first-order chi connectivity index (χ1) is 12.0. The zero-order valence-electron chi connectivity index (χ0n) is 14.0. The van der Waals surface area contributed by atoms with E-state index in [0.29, 0.717) is 16.7 Å². The van der Waals surface area contributed by atoms with Crippen molar-refractivity contribution >= 4 is 28.8 Å². The molecule has 0 unspecified atom stereocenters. The summed E-state index contributed by atoms with van der Waals surface area (Å²) in [5.74, 6) is 0.467. The zero-order chi connectivity index (χ0) is 17.6. The first-order valence-electron chi connectivity index (χ1n) is 7.77. The van der Waals surface area contributed by atoms with Crippen LogP contribution in [0.5, 0.6) is 0 Å². The summed E-state index contributed by atoms with van der Waals surface area (Å²) in [5.41, 5.74) is 5.22. The van der Waals surface area contributed by atoms with E-state index in [9.17, 15) is 0 Å². The van der Waals surface area contributed by atoms with Crippen LogP contribution in [0.15, 0.2) is 36.8 Å². The maximum Gasteiger partial charge on any atom is 0.227 e. The number of anilines is 2. The van der Waals surface area contributed by atoms with Gasteiger partial charge in [-0.1, -0.05) is 17.7 Å². The van der Waals surface area contributed by atoms with Gasteiger partial charge in [-0.25, -0.2) is 14.5 Å². The largest absolute Gasteiger partial charge is 0.321 e. The molecule has 0 aliphatic carbocycles. The van der Waals surface area contributed by atoms with Gasteiger partial charge < -0.3 is 5.32 Å². The monoisotopic (exact) mass is 353 g/mol. The molecule has 0 aliphatic heterocycles. The van der Waals surface area contributed by atoms with Crippen molar-refractivity contribution in [2.75, 3.05) is 5.32 Å². The first kappa shape index (κ1) is 15.6. The van der Waals surface area contributed by atoms with Crippen LogP contribution < -0.4 is 5.32 Å². The Kier molecular flexibility index (Phi) is 3.65. The number of halogens is 1. The molecule has 8 heteroatoms. The third-order valence-corrected chi connectivity index (χ3v) is 4.45. The quantitative estimate of drug-likeness (QED) is 0.610. The molecule has 0 fully saturated rings. The Morgan fingerprint density at radius 2 is 2.00 bits per heavy atom. The number of aromatic nitrogens is 6. The summed E-state index contributed by atoms with van der Waals surface area (Å²) in [5, 5.41) is 12.5. The van der Waals surface area contributed by atoms with Crippen molar-refractivity contribution in [3.63, 3.8) is 0 Å². The number of hydrogen-bond donors (Lipinski definition) is 1. The summed E-state index contributed by atoms with van der Waals surface area (Å²) < 4.78 is 3.61. The van der Waals surface area contributed by atoms with E-state index in [-0.39, 0.29) is 0 Å². The van der Waals surface area contributed by atoms with Gasteiger partial charge in [0.1, 0.15) is 0 Å². The number of fused-ring (bicyclic) bond motifs is 1. The molecule has 0 saturated heterocycles. The number of hydrogen-bond acceptors (Lipinski definition) is 5. The van der Waals surface area contributed by atoms with Gasteiger partial charge in [0, 0.05) is 18.8 Å². The van der Waals surface area contributed by atoms with Crippen LogP contribution >= 0.6 is 11.6 Å². The summed E-state index contributed by atoms with van der Waals surface area (Å²) in [6.45, 7) is 3.93. The van der Waals surface area contributed by atoms with Crippen LogP contribution in [-0.4, -0.2) is 29.4 Å². The highest BCUT2D eigenvalue weighted by atomic mass is 35.5. The van der Waals surface area contributed by atoms with Crippen molar-refractivity contribution in [2.24, 2.45) is 7.05 Å². The van der Waals surface area contributed by atoms with Gasteiger partial charge in [-0.3, -0.25) is 4.68 Å². The number of aryl methyl sites for hydroxylation is 2. The van der Waals surface area contributed by atoms with E-state index in [4.69, 9.17) is 11.6 Å². The average molecular weight is 354 g/mol. The maximum atomic E-state index is 6.35. The molecule has 0 saturated carbocycles. The maximum absolute atomic E-state index is 6.35. The van der Waals surface area contributed by atoms with Crippen LogP contribution in [0.4, 0.5) is 11.6 Å². The SMILES string of the molecule is Cc1nn(C)c(C)c1Nc1ncc(Cl)c(-c2cnn3ccccc23)n1. The lowest BCUT2D eigenvalue weighted by Crippen LogP contribution is -2.01. The Morgan fingerprint density at radius 1 is 1.16 bits per heavy atom. The molecule has 0 spiro atoms. The van der Waals surface area contributed by atoms with E-state index < -0.39 is 0 Å². The molecule has 4 rings (SSSR count). The van der Waals surface area contributed by atoms with Crippen molar-refractivity contribution in [1.29, 1.82) is 0 Å². The van der Waals surface area contributed by atoms with Crippen molar-refractivity contribution in [3.05, 3.63) is 53.2 Å². The van der Waals surface area contributed by atoms with E-state index >= 15 is 0 Å². The third kappa shape index (κ3) is 2.62. The molecule has 126 valence electrons. The van der Waals surface area contributed by atoms with Gasteiger partial charge in [0.05, 0.1) is 45.7 Å². The Labute approximate surface area is 149 Å². The van der Waals surface area contributed by atoms with Crippen LogP contribution in [-0.2, 0) is 7.05 Å². The molecular weight excluding hydrogens is 338 g/mol. The van der Waals surface area contributed by atoms with Crippen LogP contribution in [0.25, 0.3) is 16.8 Å². The average Bonchev–Trinajstić information content (AvgIpc) is 3.13. The molecule has 4 aromatic heterocycles. The fourth-order valence-corrected chi connectivity index (χ4v) is 2.99. The Morgan fingerprint density at radius 3 is 2.76 bits per heavy atom. The Balaban J connectivity index is 1.79. The molecule has 0 aromatic carbocycles. The molecule has 4 aromatic rings. The summed E-state index contributed by atoms with van der Waals surface area (Å²) in [6.07, 6.45) is 5.24. The molecule has 0 aliphatic rings. The topological polar surface area (TPSA) is 72.9 Å². The normalized spacial score (nSPS) is 11.2. The lowest BCUT2D eigenvalue weighted by Gasteiger charge is -2.08. The molecular formula is C17H16ClN7. The standard InChI is InChI=1S/C17H16ClN7/c1-10-15(11(2)24(3)23-10)21-17-19-9-13(18)16(22-17)12-8-20-25-7-5-4-6-14(12)25/h4-9H,1-3H3,(H,19,21,22). The van der Waals surface area contributed by atoms with E-state index in [1.165, 1.54) is 0 Å². The van der Waals surface area contributed by atoms with Gasteiger partial charge in [0.15, 0.2) is 0 Å². The van der Waals surface area contributed by atoms with E-state index in [1.54, 1.807) is 16.9 Å². The van der Waals surface area contributed by atoms with Crippen LogP contribution in [0, 0.1) is 13.8 Å². The predicted molar refractivity (Wildman–Crippen MR) is 97.2 cm³/mol. The van der Waals surface area contributed by atoms with Gasteiger partial charge in [-0.2, -0.15) is 10.2 Å². The van der Waals surface area contributed by atoms with Crippen molar-refractivity contribution < 1.29 is 0 Å². The number of nitrogens with one attached hydrogen (secondary N) is 1. The zero-order valence-corrected chi connectivity index (χ0v) is 14.8. The van der Waals surface area contributed by atoms with E-state index in [2.05, 4.69) is 25.5 Å². The predicted octanol–water partition coefficient (Wildman–Crippen LogP) is 3.54. The van der Waals surface area contributed by atoms with Gasteiger partial charge >= 0.3 is 0 Å². The van der Waals surface area contributed by atoms with Crippen molar-refractivity contribution in [1.82, 2.24) is 29.4 Å². The van der Waals surface area contributed by atoms with E-state index in [0.717, 1.165) is 28.2 Å². The highest BCUT2D eigenvalue weighted by Crippen LogP contribution is 2.30. The summed E-state index contributed by atoms with van der Waals surface area (Å²) in [4.78, 5) is 8.90. The lowest BCUT2D eigenvalue weighted by atomic mass is 10.2. The molecule has 0 bridgehead atoms. The highest BCUT2D eigenvalue weighted by molar-refractivity contribution is 6.33. The minimum Gasteiger partial charge on any atom is -0.321 e. The summed E-state index contributed by atoms with van der Waals surface area (Å²) in [6, 6.07) is 5.85. The van der Waals surface area contributed by atoms with Crippen LogP contribution in [0.1, 0.15) is 11.4 Å². The second-order valence-corrected chi connectivity index (χ2v) is 6.18. The molecule has 25 heavy (non-hydrogen) atoms. The van der Waals surface area contributed by atoms with E-state index in [1.807, 2.05) is 50.0 Å². The lowest BCUT2D eigenvalue weighted by molar-refractivity contribution is 0.731. The molecule has 0 amide bonds. The van der Waals surface area contributed by atoms with Gasteiger partial charge in [0.25, 0.3) is 0 Å².